The number of halogens is 3. The summed E-state index contributed by atoms with van der Waals surface area (Å²) >= 11 is 12.0. The lowest BCUT2D eigenvalue weighted by atomic mass is 10.2. The second kappa shape index (κ2) is 6.29. The lowest BCUT2D eigenvalue weighted by Crippen LogP contribution is -2.01. The first kappa shape index (κ1) is 14.9. The van der Waals surface area contributed by atoms with Crippen LogP contribution in [0.4, 0.5) is 10.2 Å². The molecule has 0 aliphatic heterocycles. The molecule has 0 bridgehead atoms. The van der Waals surface area contributed by atoms with Gasteiger partial charge < -0.3 is 10.1 Å². The average molecular weight is 315 g/mol. The molecule has 1 N–H and O–H groups in total. The number of hydrogen-bond donors (Lipinski definition) is 1. The minimum absolute atomic E-state index is 0.176. The van der Waals surface area contributed by atoms with Crippen molar-refractivity contribution in [1.29, 1.82) is 0 Å². The Morgan fingerprint density at radius 1 is 1.25 bits per heavy atom. The first-order chi connectivity index (χ1) is 9.51. The summed E-state index contributed by atoms with van der Waals surface area (Å²) in [5, 5.41) is 3.66. The second-order valence-corrected chi connectivity index (χ2v) is 4.96. The molecule has 1 aromatic carbocycles. The van der Waals surface area contributed by atoms with Gasteiger partial charge in [0.15, 0.2) is 0 Å². The maximum absolute atomic E-state index is 13.5. The number of pyridine rings is 1. The molecule has 2 aromatic rings. The molecule has 106 valence electrons. The van der Waals surface area contributed by atoms with E-state index in [1.165, 1.54) is 12.1 Å². The molecular weight excluding hydrogens is 302 g/mol. The van der Waals surface area contributed by atoms with Gasteiger partial charge >= 0.3 is 0 Å². The number of anilines is 1. The van der Waals surface area contributed by atoms with Crippen molar-refractivity contribution in [3.05, 3.63) is 45.7 Å². The van der Waals surface area contributed by atoms with Gasteiger partial charge in [0.05, 0.1) is 5.02 Å². The SMILES string of the molecule is CCNc1nc(Oc2ccc(C)c(F)c2)c(Cl)cc1Cl. The van der Waals surface area contributed by atoms with Crippen molar-refractivity contribution in [3.8, 4) is 11.6 Å². The van der Waals surface area contributed by atoms with Crippen LogP contribution in [0.5, 0.6) is 11.6 Å². The van der Waals surface area contributed by atoms with Gasteiger partial charge in [-0.25, -0.2) is 4.39 Å². The molecule has 3 nitrogen and oxygen atoms in total. The lowest BCUT2D eigenvalue weighted by molar-refractivity contribution is 0.458. The molecule has 0 aliphatic rings. The highest BCUT2D eigenvalue weighted by atomic mass is 35.5. The highest BCUT2D eigenvalue weighted by molar-refractivity contribution is 6.36. The Labute approximate surface area is 126 Å². The number of nitrogens with one attached hydrogen (secondary N) is 1. The van der Waals surface area contributed by atoms with Gasteiger partial charge in [-0.05, 0) is 31.5 Å². The van der Waals surface area contributed by atoms with E-state index >= 15 is 0 Å². The number of nitrogens with zero attached hydrogens (tertiary/aromatic N) is 1. The molecule has 0 radical (unpaired) electrons. The van der Waals surface area contributed by atoms with Crippen LogP contribution in [-0.2, 0) is 0 Å². The molecule has 0 saturated heterocycles. The summed E-state index contributed by atoms with van der Waals surface area (Å²) in [4.78, 5) is 4.19. The smallest absolute Gasteiger partial charge is 0.240 e. The van der Waals surface area contributed by atoms with Gasteiger partial charge in [-0.15, -0.1) is 0 Å². The van der Waals surface area contributed by atoms with E-state index in [-0.39, 0.29) is 16.7 Å². The van der Waals surface area contributed by atoms with Gasteiger partial charge in [0.2, 0.25) is 5.88 Å². The van der Waals surface area contributed by atoms with E-state index in [1.807, 2.05) is 6.92 Å². The Morgan fingerprint density at radius 2 is 2.00 bits per heavy atom. The summed E-state index contributed by atoms with van der Waals surface area (Å²) in [6.45, 7) is 4.26. The van der Waals surface area contributed by atoms with E-state index in [2.05, 4.69) is 10.3 Å². The van der Waals surface area contributed by atoms with Crippen molar-refractivity contribution in [3.63, 3.8) is 0 Å². The monoisotopic (exact) mass is 314 g/mol. The third kappa shape index (κ3) is 3.32. The van der Waals surface area contributed by atoms with Crippen LogP contribution in [0.2, 0.25) is 10.0 Å². The predicted molar refractivity (Wildman–Crippen MR) is 79.6 cm³/mol. The van der Waals surface area contributed by atoms with E-state index in [9.17, 15) is 4.39 Å². The van der Waals surface area contributed by atoms with Crippen molar-refractivity contribution in [2.75, 3.05) is 11.9 Å². The van der Waals surface area contributed by atoms with Crippen LogP contribution in [0, 0.1) is 12.7 Å². The number of ether oxygens (including phenoxy) is 1. The van der Waals surface area contributed by atoms with Crippen LogP contribution in [0.3, 0.4) is 0 Å². The number of aryl methyl sites for hydroxylation is 1. The summed E-state index contributed by atoms with van der Waals surface area (Å²) in [7, 11) is 0. The summed E-state index contributed by atoms with van der Waals surface area (Å²) in [5.74, 6) is 0.628. The Hall–Kier alpha value is -1.52. The normalized spacial score (nSPS) is 10.4. The second-order valence-electron chi connectivity index (χ2n) is 4.15. The summed E-state index contributed by atoms with van der Waals surface area (Å²) < 4.78 is 19.0. The highest BCUT2D eigenvalue weighted by Gasteiger charge is 2.11. The van der Waals surface area contributed by atoms with Crippen LogP contribution < -0.4 is 10.1 Å². The zero-order valence-corrected chi connectivity index (χ0v) is 12.5. The summed E-state index contributed by atoms with van der Waals surface area (Å²) in [6.07, 6.45) is 0. The highest BCUT2D eigenvalue weighted by Crippen LogP contribution is 2.33. The maximum Gasteiger partial charge on any atom is 0.240 e. The summed E-state index contributed by atoms with van der Waals surface area (Å²) in [6, 6.07) is 6.10. The molecule has 0 fully saturated rings. The average Bonchev–Trinajstić information content (AvgIpc) is 2.39. The largest absolute Gasteiger partial charge is 0.437 e. The van der Waals surface area contributed by atoms with Crippen molar-refractivity contribution in [2.24, 2.45) is 0 Å². The molecule has 0 unspecified atom stereocenters. The molecule has 0 amide bonds. The number of aromatic nitrogens is 1. The molecule has 0 atom stereocenters. The van der Waals surface area contributed by atoms with Crippen LogP contribution in [-0.4, -0.2) is 11.5 Å². The van der Waals surface area contributed by atoms with E-state index in [0.29, 0.717) is 28.7 Å². The lowest BCUT2D eigenvalue weighted by Gasteiger charge is -2.11. The van der Waals surface area contributed by atoms with Gasteiger partial charge in [0, 0.05) is 12.6 Å². The van der Waals surface area contributed by atoms with Crippen LogP contribution >= 0.6 is 23.2 Å². The van der Waals surface area contributed by atoms with Gasteiger partial charge in [-0.2, -0.15) is 4.98 Å². The zero-order chi connectivity index (χ0) is 14.7. The summed E-state index contributed by atoms with van der Waals surface area (Å²) in [5.41, 5.74) is 0.542. The van der Waals surface area contributed by atoms with E-state index < -0.39 is 0 Å². The minimum atomic E-state index is -0.348. The fourth-order valence-corrected chi connectivity index (χ4v) is 2.03. The maximum atomic E-state index is 13.5. The third-order valence-corrected chi connectivity index (χ3v) is 3.16. The van der Waals surface area contributed by atoms with Crippen LogP contribution in [0.25, 0.3) is 0 Å². The quantitative estimate of drug-likeness (QED) is 0.856. The van der Waals surface area contributed by atoms with Crippen molar-refractivity contribution in [1.82, 2.24) is 4.98 Å². The molecule has 0 saturated carbocycles. The Morgan fingerprint density at radius 3 is 2.65 bits per heavy atom. The van der Waals surface area contributed by atoms with Crippen molar-refractivity contribution in [2.45, 2.75) is 13.8 Å². The van der Waals surface area contributed by atoms with Gasteiger partial charge in [-0.1, -0.05) is 29.3 Å². The van der Waals surface area contributed by atoms with Crippen LogP contribution in [0.1, 0.15) is 12.5 Å². The first-order valence-electron chi connectivity index (χ1n) is 6.05. The number of benzene rings is 1. The zero-order valence-electron chi connectivity index (χ0n) is 11.0. The molecule has 0 spiro atoms. The predicted octanol–water partition coefficient (Wildman–Crippen LogP) is 5.06. The van der Waals surface area contributed by atoms with Crippen LogP contribution in [0.15, 0.2) is 24.3 Å². The van der Waals surface area contributed by atoms with E-state index in [1.54, 1.807) is 19.1 Å². The van der Waals surface area contributed by atoms with E-state index in [4.69, 9.17) is 27.9 Å². The van der Waals surface area contributed by atoms with Gasteiger partial charge in [-0.3, -0.25) is 0 Å². The number of hydrogen-bond acceptors (Lipinski definition) is 3. The molecule has 2 rings (SSSR count). The molecule has 0 aliphatic carbocycles. The fourth-order valence-electron chi connectivity index (χ4n) is 1.56. The Bertz CT molecular complexity index is 635. The molecular formula is C14H13Cl2FN2O. The van der Waals surface area contributed by atoms with Crippen molar-refractivity contribution >= 4 is 29.0 Å². The number of rotatable bonds is 4. The standard InChI is InChI=1S/C14H13Cl2FN2O/c1-3-18-13-10(15)7-11(16)14(19-13)20-9-5-4-8(2)12(17)6-9/h4-7H,3H2,1-2H3,(H,18,19). The van der Waals surface area contributed by atoms with Gasteiger partial charge in [0.25, 0.3) is 0 Å². The fraction of sp³-hybridized carbons (Fsp3) is 0.214. The topological polar surface area (TPSA) is 34.2 Å². The minimum Gasteiger partial charge on any atom is -0.437 e. The molecule has 1 aromatic heterocycles. The van der Waals surface area contributed by atoms with Crippen molar-refractivity contribution < 1.29 is 9.13 Å². The van der Waals surface area contributed by atoms with E-state index in [0.717, 1.165) is 0 Å². The molecule has 1 heterocycles. The molecule has 20 heavy (non-hydrogen) atoms. The Balaban J connectivity index is 2.32. The molecule has 6 heteroatoms. The first-order valence-corrected chi connectivity index (χ1v) is 6.80. The third-order valence-electron chi connectivity index (χ3n) is 2.60. The van der Waals surface area contributed by atoms with Gasteiger partial charge in [0.1, 0.15) is 22.4 Å². The Kier molecular flexibility index (Phi) is 4.68.